The molecule has 3 heterocycles. The van der Waals surface area contributed by atoms with Crippen LogP contribution in [-0.4, -0.2) is 62.1 Å². The molecule has 0 aliphatic rings. The maximum absolute atomic E-state index is 7.00. The number of aryl methyl sites for hydroxylation is 2. The summed E-state index contributed by atoms with van der Waals surface area (Å²) in [5, 5.41) is 24.0. The number of rotatable bonds is 9. The van der Waals surface area contributed by atoms with Crippen molar-refractivity contribution < 1.29 is 14.6 Å². The molecular formula is C24H36ClN7O3S2. The molecule has 0 unspecified atom stereocenters. The Morgan fingerprint density at radius 2 is 1.76 bits per heavy atom. The summed E-state index contributed by atoms with van der Waals surface area (Å²) >= 11 is 8.94. The van der Waals surface area contributed by atoms with Crippen molar-refractivity contribution in [2.45, 2.75) is 41.0 Å². The molecule has 0 amide bonds. The summed E-state index contributed by atoms with van der Waals surface area (Å²) in [7, 11) is 4.23. The molecule has 0 saturated heterocycles. The molecule has 37 heavy (non-hydrogen) atoms. The normalized spacial score (nSPS) is 9.68. The van der Waals surface area contributed by atoms with Crippen molar-refractivity contribution in [1.82, 2.24) is 29.9 Å². The van der Waals surface area contributed by atoms with Crippen molar-refractivity contribution >= 4 is 40.8 Å². The molecule has 0 atom stereocenters. The lowest BCUT2D eigenvalue weighted by Crippen LogP contribution is -2.07. The Morgan fingerprint density at radius 3 is 2.27 bits per heavy atom. The van der Waals surface area contributed by atoms with Gasteiger partial charge in [-0.05, 0) is 37.1 Å². The van der Waals surface area contributed by atoms with Gasteiger partial charge in [0.25, 0.3) is 0 Å². The van der Waals surface area contributed by atoms with Crippen molar-refractivity contribution in [3.05, 3.63) is 45.5 Å². The Morgan fingerprint density at radius 1 is 1.11 bits per heavy atom. The van der Waals surface area contributed by atoms with Crippen LogP contribution in [0.15, 0.2) is 30.5 Å². The molecular weight excluding hydrogens is 534 g/mol. The first-order valence-electron chi connectivity index (χ1n) is 11.7. The predicted molar refractivity (Wildman–Crippen MR) is 155 cm³/mol. The minimum Gasteiger partial charge on any atom is -0.494 e. The Hall–Kier alpha value is -2.80. The van der Waals surface area contributed by atoms with Gasteiger partial charge in [-0.15, -0.1) is 21.5 Å². The first-order valence-corrected chi connectivity index (χ1v) is 13.9. The van der Waals surface area contributed by atoms with E-state index in [4.69, 9.17) is 26.2 Å². The summed E-state index contributed by atoms with van der Waals surface area (Å²) < 4.78 is 17.0. The number of nitrogens with one attached hydrogen (secondary N) is 2. The quantitative estimate of drug-likeness (QED) is 0.163. The van der Waals surface area contributed by atoms with Gasteiger partial charge in [0.05, 0.1) is 25.4 Å². The minimum atomic E-state index is 0.528. The molecule has 0 aliphatic carbocycles. The maximum atomic E-state index is 7.00. The van der Waals surface area contributed by atoms with E-state index < -0.39 is 0 Å². The number of H-pyrrole nitrogens is 1. The molecule has 0 spiro atoms. The van der Waals surface area contributed by atoms with E-state index in [0.717, 1.165) is 30.0 Å². The van der Waals surface area contributed by atoms with E-state index in [1.54, 1.807) is 20.4 Å². The average Bonchev–Trinajstić information content (AvgIpc) is 3.69. The van der Waals surface area contributed by atoms with Gasteiger partial charge < -0.3 is 14.6 Å². The van der Waals surface area contributed by atoms with Gasteiger partial charge in [0.2, 0.25) is 5.95 Å². The zero-order valence-corrected chi connectivity index (χ0v) is 24.9. The van der Waals surface area contributed by atoms with Gasteiger partial charge in [-0.25, -0.2) is 4.98 Å². The second-order valence-corrected chi connectivity index (χ2v) is 9.04. The van der Waals surface area contributed by atoms with Gasteiger partial charge in [-0.2, -0.15) is 5.10 Å². The largest absolute Gasteiger partial charge is 0.494 e. The maximum Gasteiger partial charge on any atom is 0.239 e. The van der Waals surface area contributed by atoms with Crippen LogP contribution in [0, 0.1) is 6.92 Å². The summed E-state index contributed by atoms with van der Waals surface area (Å²) in [5.41, 5.74) is 2.26. The van der Waals surface area contributed by atoms with Gasteiger partial charge in [-0.1, -0.05) is 45.4 Å². The number of aliphatic hydroxyl groups is 1. The number of nitrogens with zero attached hydrogens (tertiary/aromatic N) is 5. The number of aromatic amines is 1. The van der Waals surface area contributed by atoms with Crippen LogP contribution in [0.3, 0.4) is 0 Å². The van der Waals surface area contributed by atoms with Crippen LogP contribution in [0.4, 0.5) is 5.95 Å². The van der Waals surface area contributed by atoms with Crippen molar-refractivity contribution in [2.24, 2.45) is 0 Å². The molecule has 3 N–H and O–H groups in total. The molecule has 1 aromatic carbocycles. The van der Waals surface area contributed by atoms with Crippen LogP contribution in [0.2, 0.25) is 4.34 Å². The Balaban J connectivity index is 0.00000106. The van der Waals surface area contributed by atoms with Crippen LogP contribution in [-0.2, 0) is 6.42 Å². The van der Waals surface area contributed by atoms with E-state index >= 15 is 0 Å². The lowest BCUT2D eigenvalue weighted by molar-refractivity contribution is 0.391. The summed E-state index contributed by atoms with van der Waals surface area (Å²) in [6.45, 7) is 9.93. The number of hydrogen-bond acceptors (Lipinski definition) is 10. The highest BCUT2D eigenvalue weighted by Gasteiger charge is 2.23. The fourth-order valence-corrected chi connectivity index (χ4v) is 4.71. The van der Waals surface area contributed by atoms with E-state index in [9.17, 15) is 0 Å². The van der Waals surface area contributed by atoms with Crippen LogP contribution in [0.1, 0.15) is 38.4 Å². The number of para-hydroxylation sites is 1. The number of ether oxygens (including phenoxy) is 2. The smallest absolute Gasteiger partial charge is 0.239 e. The lowest BCUT2D eigenvalue weighted by atomic mass is 10.2. The minimum absolute atomic E-state index is 0.528. The van der Waals surface area contributed by atoms with Crippen molar-refractivity contribution in [3.63, 3.8) is 0 Å². The standard InChI is InChI=1S/C19H20ClN7O2S2.2C2H6.CH4O/c1-11-9-12(23-22-11)18-24-25-19(26-30-8-7-16-21-10-15(20)31-16)27(18)17-13(28-2)5-4-6-14(17)29-3;3*1-2/h4-6,9-10H,7-8H2,1-3H3,(H,22,23)(H,25,26);2*1-2H3;2H,1H3. The molecule has 3 aromatic heterocycles. The fourth-order valence-electron chi connectivity index (χ4n) is 2.97. The highest BCUT2D eigenvalue weighted by atomic mass is 35.5. The number of aromatic nitrogens is 6. The van der Waals surface area contributed by atoms with Gasteiger partial charge in [-0.3, -0.25) is 14.4 Å². The first kappa shape index (κ1) is 32.2. The molecule has 0 bridgehead atoms. The van der Waals surface area contributed by atoms with Crippen LogP contribution < -0.4 is 14.2 Å². The SMILES string of the molecule is CC.CC.CO.COc1cccc(OC)c1-n1c(NSCCc2ncc(Cl)s2)nnc1-c1cc(C)[nH]n1. The Labute approximate surface area is 231 Å². The number of methoxy groups -OCH3 is 2. The summed E-state index contributed by atoms with van der Waals surface area (Å²) in [6, 6.07) is 7.50. The van der Waals surface area contributed by atoms with Crippen molar-refractivity contribution in [1.29, 1.82) is 0 Å². The number of benzene rings is 1. The third kappa shape index (κ3) is 8.63. The predicted octanol–water partition coefficient (Wildman–Crippen LogP) is 6.06. The van der Waals surface area contributed by atoms with E-state index in [0.29, 0.717) is 39.0 Å². The average molecular weight is 570 g/mol. The van der Waals surface area contributed by atoms with Crippen LogP contribution >= 0.6 is 34.9 Å². The van der Waals surface area contributed by atoms with Crippen molar-refractivity contribution in [3.8, 4) is 28.7 Å². The van der Waals surface area contributed by atoms with Gasteiger partial charge in [0.15, 0.2) is 5.82 Å². The molecule has 0 fully saturated rings. The number of thiazole rings is 1. The first-order chi connectivity index (χ1) is 18.1. The molecule has 13 heteroatoms. The number of aliphatic hydroxyl groups excluding tert-OH is 1. The zero-order chi connectivity index (χ0) is 27.8. The molecule has 4 rings (SSSR count). The summed E-state index contributed by atoms with van der Waals surface area (Å²) in [6.07, 6.45) is 2.45. The zero-order valence-electron chi connectivity index (χ0n) is 22.5. The topological polar surface area (TPSA) is 123 Å². The third-order valence-electron chi connectivity index (χ3n) is 4.33. The number of halogens is 1. The van der Waals surface area contributed by atoms with E-state index in [1.807, 2.05) is 63.5 Å². The lowest BCUT2D eigenvalue weighted by Gasteiger charge is -2.16. The molecule has 0 aliphatic heterocycles. The summed E-state index contributed by atoms with van der Waals surface area (Å²) in [4.78, 5) is 4.28. The third-order valence-corrected chi connectivity index (χ3v) is 6.24. The number of hydrogen-bond donors (Lipinski definition) is 3. The number of anilines is 1. The highest BCUT2D eigenvalue weighted by molar-refractivity contribution is 8.00. The molecule has 10 nitrogen and oxygen atoms in total. The Bertz CT molecular complexity index is 1160. The summed E-state index contributed by atoms with van der Waals surface area (Å²) in [5.74, 6) is 3.11. The molecule has 4 aromatic rings. The molecule has 0 saturated carbocycles. The monoisotopic (exact) mass is 569 g/mol. The van der Waals surface area contributed by atoms with E-state index in [1.165, 1.54) is 23.3 Å². The van der Waals surface area contributed by atoms with Gasteiger partial charge in [0.1, 0.15) is 27.2 Å². The van der Waals surface area contributed by atoms with E-state index in [-0.39, 0.29) is 0 Å². The van der Waals surface area contributed by atoms with Gasteiger partial charge >= 0.3 is 0 Å². The second kappa shape index (κ2) is 17.6. The highest BCUT2D eigenvalue weighted by Crippen LogP contribution is 2.37. The Kier molecular flexibility index (Phi) is 15.3. The van der Waals surface area contributed by atoms with Crippen LogP contribution in [0.5, 0.6) is 11.5 Å². The van der Waals surface area contributed by atoms with E-state index in [2.05, 4.69) is 30.1 Å². The molecule has 0 radical (unpaired) electrons. The fraction of sp³-hybridized carbons (Fsp3) is 0.417. The molecule has 204 valence electrons. The van der Waals surface area contributed by atoms with Gasteiger partial charge in [0, 0.05) is 25.0 Å². The van der Waals surface area contributed by atoms with Crippen molar-refractivity contribution in [2.75, 3.05) is 31.8 Å². The van der Waals surface area contributed by atoms with Crippen LogP contribution in [0.25, 0.3) is 17.2 Å². The second-order valence-electron chi connectivity index (χ2n) is 6.39.